The summed E-state index contributed by atoms with van der Waals surface area (Å²) in [5.41, 5.74) is 5.97. The van der Waals surface area contributed by atoms with E-state index in [2.05, 4.69) is 6.07 Å². The highest BCUT2D eigenvalue weighted by molar-refractivity contribution is 5.77. The zero-order chi connectivity index (χ0) is 13.1. The second-order valence-electron chi connectivity index (χ2n) is 5.90. The van der Waals surface area contributed by atoms with Gasteiger partial charge in [-0.3, -0.25) is 4.79 Å². The largest absolute Gasteiger partial charge is 0.339 e. The molecular weight excluding hydrogens is 214 g/mol. The third-order valence-corrected chi connectivity index (χ3v) is 3.28. The van der Waals surface area contributed by atoms with Crippen LogP contribution in [-0.4, -0.2) is 29.4 Å². The Morgan fingerprint density at radius 1 is 1.53 bits per heavy atom. The normalized spacial score (nSPS) is 17.4. The first-order chi connectivity index (χ1) is 7.86. The van der Waals surface area contributed by atoms with E-state index in [1.165, 1.54) is 0 Å². The number of carbonyl (C=O) groups is 1. The molecule has 4 nitrogen and oxygen atoms in total. The Kier molecular flexibility index (Phi) is 4.53. The van der Waals surface area contributed by atoms with E-state index < -0.39 is 0 Å². The van der Waals surface area contributed by atoms with E-state index in [1.54, 1.807) is 0 Å². The lowest BCUT2D eigenvalue weighted by Crippen LogP contribution is -2.42. The topological polar surface area (TPSA) is 70.1 Å². The fourth-order valence-corrected chi connectivity index (χ4v) is 1.68. The highest BCUT2D eigenvalue weighted by atomic mass is 16.2. The van der Waals surface area contributed by atoms with Crippen molar-refractivity contribution in [3.05, 3.63) is 0 Å². The second-order valence-corrected chi connectivity index (χ2v) is 5.90. The molecule has 1 rings (SSSR count). The van der Waals surface area contributed by atoms with Crippen molar-refractivity contribution in [3.8, 4) is 6.07 Å². The first kappa shape index (κ1) is 14.0. The number of nitriles is 1. The van der Waals surface area contributed by atoms with Gasteiger partial charge in [0, 0.05) is 25.0 Å². The van der Waals surface area contributed by atoms with E-state index in [0.717, 1.165) is 12.8 Å². The molecule has 0 aliphatic heterocycles. The molecule has 1 saturated carbocycles. The van der Waals surface area contributed by atoms with Crippen molar-refractivity contribution in [2.75, 3.05) is 6.54 Å². The molecule has 0 bridgehead atoms. The van der Waals surface area contributed by atoms with Crippen LogP contribution in [0.25, 0.3) is 0 Å². The van der Waals surface area contributed by atoms with Crippen LogP contribution < -0.4 is 5.73 Å². The van der Waals surface area contributed by atoms with Gasteiger partial charge >= 0.3 is 0 Å². The SMILES string of the molecule is CC(C)(C)C(N)CC(=O)N(CCC#N)C1CC1. The monoisotopic (exact) mass is 237 g/mol. The van der Waals surface area contributed by atoms with E-state index in [1.807, 2.05) is 25.7 Å². The van der Waals surface area contributed by atoms with Gasteiger partial charge in [0.1, 0.15) is 0 Å². The van der Waals surface area contributed by atoms with Crippen molar-refractivity contribution in [1.29, 1.82) is 5.26 Å². The minimum atomic E-state index is -0.127. The summed E-state index contributed by atoms with van der Waals surface area (Å²) in [6.45, 7) is 6.68. The summed E-state index contributed by atoms with van der Waals surface area (Å²) < 4.78 is 0. The van der Waals surface area contributed by atoms with Crippen molar-refractivity contribution in [3.63, 3.8) is 0 Å². The van der Waals surface area contributed by atoms with Gasteiger partial charge in [-0.2, -0.15) is 5.26 Å². The summed E-state index contributed by atoms with van der Waals surface area (Å²) >= 11 is 0. The Morgan fingerprint density at radius 3 is 2.53 bits per heavy atom. The fraction of sp³-hybridized carbons (Fsp3) is 0.846. The van der Waals surface area contributed by atoms with Gasteiger partial charge in [-0.15, -0.1) is 0 Å². The van der Waals surface area contributed by atoms with Crippen molar-refractivity contribution >= 4 is 5.91 Å². The van der Waals surface area contributed by atoms with Crippen LogP contribution in [0.2, 0.25) is 0 Å². The van der Waals surface area contributed by atoms with Crippen molar-refractivity contribution in [1.82, 2.24) is 4.90 Å². The number of nitrogens with two attached hydrogens (primary N) is 1. The molecule has 1 aliphatic rings. The molecule has 4 heteroatoms. The number of hydrogen-bond donors (Lipinski definition) is 1. The van der Waals surface area contributed by atoms with Gasteiger partial charge in [0.15, 0.2) is 0 Å². The summed E-state index contributed by atoms with van der Waals surface area (Å²) in [7, 11) is 0. The molecule has 1 aliphatic carbocycles. The van der Waals surface area contributed by atoms with E-state index in [0.29, 0.717) is 25.4 Å². The van der Waals surface area contributed by atoms with Gasteiger partial charge in [-0.25, -0.2) is 0 Å². The molecule has 17 heavy (non-hydrogen) atoms. The van der Waals surface area contributed by atoms with Crippen molar-refractivity contribution < 1.29 is 4.79 Å². The van der Waals surface area contributed by atoms with Crippen LogP contribution in [-0.2, 0) is 4.79 Å². The number of rotatable bonds is 5. The quantitative estimate of drug-likeness (QED) is 0.790. The average Bonchev–Trinajstić information content (AvgIpc) is 3.01. The summed E-state index contributed by atoms with van der Waals surface area (Å²) in [5.74, 6) is 0.102. The van der Waals surface area contributed by atoms with Crippen molar-refractivity contribution in [2.45, 2.75) is 58.5 Å². The maximum atomic E-state index is 12.1. The smallest absolute Gasteiger partial charge is 0.224 e. The molecular formula is C13H23N3O. The van der Waals surface area contributed by atoms with Gasteiger partial charge in [-0.05, 0) is 18.3 Å². The third kappa shape index (κ3) is 4.35. The fourth-order valence-electron chi connectivity index (χ4n) is 1.68. The van der Waals surface area contributed by atoms with Crippen LogP contribution >= 0.6 is 0 Å². The zero-order valence-electron chi connectivity index (χ0n) is 11.1. The van der Waals surface area contributed by atoms with Gasteiger partial charge in [0.25, 0.3) is 0 Å². The van der Waals surface area contributed by atoms with E-state index in [4.69, 9.17) is 11.0 Å². The average molecular weight is 237 g/mol. The molecule has 0 heterocycles. The Hall–Kier alpha value is -1.08. The Bertz CT molecular complexity index is 310. The van der Waals surface area contributed by atoms with Gasteiger partial charge in [0.05, 0.1) is 12.5 Å². The lowest BCUT2D eigenvalue weighted by molar-refractivity contribution is -0.132. The minimum absolute atomic E-state index is 0.0554. The first-order valence-corrected chi connectivity index (χ1v) is 6.28. The van der Waals surface area contributed by atoms with E-state index in [-0.39, 0.29) is 17.4 Å². The molecule has 96 valence electrons. The predicted octanol–water partition coefficient (Wildman–Crippen LogP) is 1.65. The lowest BCUT2D eigenvalue weighted by Gasteiger charge is -2.29. The van der Waals surface area contributed by atoms with Crippen LogP contribution in [0.3, 0.4) is 0 Å². The Morgan fingerprint density at radius 2 is 2.12 bits per heavy atom. The molecule has 1 fully saturated rings. The molecule has 0 aromatic heterocycles. The standard InChI is InChI=1S/C13H23N3O/c1-13(2,3)11(15)9-12(17)16(8-4-7-14)10-5-6-10/h10-11H,4-6,8-9,15H2,1-3H3. The summed E-state index contributed by atoms with van der Waals surface area (Å²) in [4.78, 5) is 14.0. The number of hydrogen-bond acceptors (Lipinski definition) is 3. The second kappa shape index (κ2) is 5.50. The molecule has 1 unspecified atom stereocenters. The van der Waals surface area contributed by atoms with Gasteiger partial charge < -0.3 is 10.6 Å². The Balaban J connectivity index is 2.51. The lowest BCUT2D eigenvalue weighted by atomic mass is 9.85. The molecule has 0 aromatic carbocycles. The molecule has 0 saturated heterocycles. The maximum Gasteiger partial charge on any atom is 0.224 e. The molecule has 2 N–H and O–H groups in total. The van der Waals surface area contributed by atoms with Gasteiger partial charge in [0.2, 0.25) is 5.91 Å². The summed E-state index contributed by atoms with van der Waals surface area (Å²) in [6, 6.07) is 2.33. The van der Waals surface area contributed by atoms with Crippen LogP contribution in [0.15, 0.2) is 0 Å². The number of carbonyl (C=O) groups excluding carboxylic acids is 1. The molecule has 1 atom stereocenters. The summed E-state index contributed by atoms with van der Waals surface area (Å²) in [6.07, 6.45) is 2.93. The number of nitrogens with zero attached hydrogens (tertiary/aromatic N) is 2. The predicted molar refractivity (Wildman–Crippen MR) is 67.0 cm³/mol. The zero-order valence-corrected chi connectivity index (χ0v) is 11.1. The Labute approximate surface area is 104 Å². The van der Waals surface area contributed by atoms with Gasteiger partial charge in [-0.1, -0.05) is 20.8 Å². The highest BCUT2D eigenvalue weighted by Gasteiger charge is 2.34. The highest BCUT2D eigenvalue weighted by Crippen LogP contribution is 2.29. The molecule has 0 radical (unpaired) electrons. The van der Waals surface area contributed by atoms with Crippen LogP contribution in [0.5, 0.6) is 0 Å². The molecule has 0 aromatic rings. The van der Waals surface area contributed by atoms with Crippen LogP contribution in [0.1, 0.15) is 46.5 Å². The van der Waals surface area contributed by atoms with Crippen molar-refractivity contribution in [2.24, 2.45) is 11.1 Å². The van der Waals surface area contributed by atoms with E-state index >= 15 is 0 Å². The van der Waals surface area contributed by atoms with Crippen LogP contribution in [0, 0.1) is 16.7 Å². The van der Waals surface area contributed by atoms with Crippen LogP contribution in [0.4, 0.5) is 0 Å². The molecule has 0 spiro atoms. The first-order valence-electron chi connectivity index (χ1n) is 6.28. The third-order valence-electron chi connectivity index (χ3n) is 3.28. The van der Waals surface area contributed by atoms with E-state index in [9.17, 15) is 4.79 Å². The maximum absolute atomic E-state index is 12.1. The minimum Gasteiger partial charge on any atom is -0.339 e. The molecule has 1 amide bonds. The number of amides is 1. The summed E-state index contributed by atoms with van der Waals surface area (Å²) in [5, 5.41) is 8.60.